The third-order valence-electron chi connectivity index (χ3n) is 5.72. The van der Waals surface area contributed by atoms with Crippen molar-refractivity contribution in [1.82, 2.24) is 15.0 Å². The van der Waals surface area contributed by atoms with Crippen LogP contribution < -0.4 is 21.6 Å². The molecule has 0 spiro atoms. The third-order valence-corrected chi connectivity index (χ3v) is 7.54. The van der Waals surface area contributed by atoms with E-state index in [1.54, 1.807) is 30.3 Å². The topological polar surface area (TPSA) is 260 Å². The summed E-state index contributed by atoms with van der Waals surface area (Å²) < 4.78 is 67.9. The molecule has 0 amide bonds. The number of nitrogens with two attached hydrogens (primary N) is 1. The SMILES string of the molecule is Nc1ccc(C=Cc2ccc(Nc3nc(Nc4ccccc4)nc(N(OCCO)OCCO)n3)cc2S(=O)(=O)O)c(S(=O)(=O)O)c1. The second-order valence-corrected chi connectivity index (χ2v) is 11.9. The Bertz CT molecular complexity index is 1900. The summed E-state index contributed by atoms with van der Waals surface area (Å²) in [4.78, 5) is 22.4. The number of nitrogens with one attached hydrogen (secondary N) is 2. The number of rotatable bonds is 15. The van der Waals surface area contributed by atoms with Crippen molar-refractivity contribution in [2.75, 3.05) is 48.0 Å². The van der Waals surface area contributed by atoms with Gasteiger partial charge in [0.1, 0.15) is 23.0 Å². The summed E-state index contributed by atoms with van der Waals surface area (Å²) in [7, 11) is -9.49. The largest absolute Gasteiger partial charge is 0.399 e. The first kappa shape index (κ1) is 34.1. The second-order valence-electron chi connectivity index (χ2n) is 9.10. The molecule has 46 heavy (non-hydrogen) atoms. The Morgan fingerprint density at radius 1 is 0.717 bits per heavy atom. The Balaban J connectivity index is 1.72. The third kappa shape index (κ3) is 9.39. The lowest BCUT2D eigenvalue weighted by molar-refractivity contribution is -0.106. The summed E-state index contributed by atoms with van der Waals surface area (Å²) in [5, 5.41) is 25.0. The molecular weight excluding hydrogens is 646 g/mol. The molecule has 19 heteroatoms. The lowest BCUT2D eigenvalue weighted by Gasteiger charge is -2.20. The maximum absolute atomic E-state index is 12.4. The van der Waals surface area contributed by atoms with Crippen molar-refractivity contribution in [3.05, 3.63) is 77.9 Å². The average molecular weight is 676 g/mol. The Hall–Kier alpha value is -4.73. The molecule has 0 radical (unpaired) electrons. The fourth-order valence-electron chi connectivity index (χ4n) is 3.80. The van der Waals surface area contributed by atoms with E-state index in [2.05, 4.69) is 25.6 Å². The number of aliphatic hydroxyl groups is 2. The van der Waals surface area contributed by atoms with Gasteiger partial charge >= 0.3 is 0 Å². The van der Waals surface area contributed by atoms with Crippen molar-refractivity contribution >= 4 is 67.3 Å². The van der Waals surface area contributed by atoms with Crippen LogP contribution in [0.1, 0.15) is 11.1 Å². The summed E-state index contributed by atoms with van der Waals surface area (Å²) >= 11 is 0. The minimum Gasteiger partial charge on any atom is -0.399 e. The molecule has 0 fully saturated rings. The zero-order chi connectivity index (χ0) is 33.3. The zero-order valence-corrected chi connectivity index (χ0v) is 25.4. The predicted molar refractivity (Wildman–Crippen MR) is 167 cm³/mol. The molecule has 0 aliphatic heterocycles. The molecule has 4 aromatic rings. The number of hydrogen-bond donors (Lipinski definition) is 7. The van der Waals surface area contributed by atoms with E-state index in [1.165, 1.54) is 36.4 Å². The highest BCUT2D eigenvalue weighted by Gasteiger charge is 2.20. The molecule has 244 valence electrons. The molecule has 1 aromatic heterocycles. The number of aromatic nitrogens is 3. The van der Waals surface area contributed by atoms with Crippen molar-refractivity contribution in [3.63, 3.8) is 0 Å². The van der Waals surface area contributed by atoms with Gasteiger partial charge in [0.25, 0.3) is 26.2 Å². The average Bonchev–Trinajstić information content (AvgIpc) is 3.00. The molecule has 0 aliphatic rings. The van der Waals surface area contributed by atoms with E-state index in [0.717, 1.165) is 17.4 Å². The van der Waals surface area contributed by atoms with Gasteiger partial charge in [-0.2, -0.15) is 31.8 Å². The van der Waals surface area contributed by atoms with Crippen LogP contribution in [0.25, 0.3) is 12.2 Å². The molecule has 8 N–H and O–H groups in total. The Kier molecular flexibility index (Phi) is 11.2. The molecule has 1 heterocycles. The van der Waals surface area contributed by atoms with Gasteiger partial charge in [-0.15, -0.1) is 0 Å². The van der Waals surface area contributed by atoms with Crippen LogP contribution in [0.5, 0.6) is 0 Å². The highest BCUT2D eigenvalue weighted by atomic mass is 32.2. The first-order chi connectivity index (χ1) is 21.9. The smallest absolute Gasteiger partial charge is 0.295 e. The Labute approximate surface area is 263 Å². The summed E-state index contributed by atoms with van der Waals surface area (Å²) in [5.41, 5.74) is 6.38. The minimum atomic E-state index is -4.83. The fraction of sp³-hybridized carbons (Fsp3) is 0.148. The van der Waals surface area contributed by atoms with Gasteiger partial charge in [0.05, 0.1) is 13.2 Å². The molecular formula is C27H29N7O10S2. The number of para-hydroxylation sites is 1. The van der Waals surface area contributed by atoms with Gasteiger partial charge in [-0.25, -0.2) is 9.68 Å². The molecule has 0 unspecified atom stereocenters. The van der Waals surface area contributed by atoms with Gasteiger partial charge in [0.2, 0.25) is 11.9 Å². The quantitative estimate of drug-likeness (QED) is 0.0412. The number of aliphatic hydroxyl groups excluding tert-OH is 2. The number of benzene rings is 3. The lowest BCUT2D eigenvalue weighted by atomic mass is 10.1. The van der Waals surface area contributed by atoms with Crippen LogP contribution in [-0.4, -0.2) is 77.5 Å². The van der Waals surface area contributed by atoms with Gasteiger partial charge in [-0.3, -0.25) is 9.11 Å². The second kappa shape index (κ2) is 15.0. The number of anilines is 6. The molecule has 0 saturated heterocycles. The lowest BCUT2D eigenvalue weighted by Crippen LogP contribution is -2.29. The van der Waals surface area contributed by atoms with Crippen molar-refractivity contribution in [1.29, 1.82) is 0 Å². The molecule has 0 atom stereocenters. The maximum atomic E-state index is 12.4. The Morgan fingerprint density at radius 2 is 1.24 bits per heavy atom. The van der Waals surface area contributed by atoms with E-state index < -0.39 is 30.0 Å². The van der Waals surface area contributed by atoms with E-state index in [1.807, 2.05) is 0 Å². The highest BCUT2D eigenvalue weighted by molar-refractivity contribution is 7.86. The van der Waals surface area contributed by atoms with E-state index in [9.17, 15) is 36.2 Å². The summed E-state index contributed by atoms with van der Waals surface area (Å²) in [6.07, 6.45) is 2.46. The van der Waals surface area contributed by atoms with Gasteiger partial charge in [-0.1, -0.05) is 47.7 Å². The van der Waals surface area contributed by atoms with E-state index in [-0.39, 0.29) is 66.8 Å². The normalized spacial score (nSPS) is 11.9. The molecule has 4 rings (SSSR count). The summed E-state index contributed by atoms with van der Waals surface area (Å²) in [5.74, 6) is -0.361. The molecule has 0 aliphatic carbocycles. The van der Waals surface area contributed by atoms with Crippen LogP contribution in [0.2, 0.25) is 0 Å². The van der Waals surface area contributed by atoms with Crippen molar-refractivity contribution < 1.29 is 45.8 Å². The van der Waals surface area contributed by atoms with Gasteiger partial charge in [0.15, 0.2) is 0 Å². The minimum absolute atomic E-state index is 0.00316. The molecule has 17 nitrogen and oxygen atoms in total. The van der Waals surface area contributed by atoms with Crippen LogP contribution in [0.3, 0.4) is 0 Å². The van der Waals surface area contributed by atoms with Crippen LogP contribution in [0, 0.1) is 0 Å². The first-order valence-corrected chi connectivity index (χ1v) is 16.0. The van der Waals surface area contributed by atoms with Crippen molar-refractivity contribution in [2.45, 2.75) is 9.79 Å². The molecule has 0 saturated carbocycles. The van der Waals surface area contributed by atoms with Crippen molar-refractivity contribution in [2.24, 2.45) is 0 Å². The molecule has 3 aromatic carbocycles. The van der Waals surface area contributed by atoms with E-state index in [4.69, 9.17) is 15.4 Å². The number of hydrogen-bond acceptors (Lipinski definition) is 15. The van der Waals surface area contributed by atoms with Crippen LogP contribution in [0.4, 0.5) is 34.9 Å². The van der Waals surface area contributed by atoms with E-state index in [0.29, 0.717) is 5.69 Å². The van der Waals surface area contributed by atoms with Gasteiger partial charge in [0, 0.05) is 17.1 Å². The monoisotopic (exact) mass is 675 g/mol. The van der Waals surface area contributed by atoms with Crippen molar-refractivity contribution in [3.8, 4) is 0 Å². The standard InChI is InChI=1S/C27H29N7O10S2/c28-20-10-8-18(23(16-20)45(37,38)39)6-7-19-9-11-22(17-24(19)46(40,41)42)30-26-31-25(29-21-4-2-1-3-5-21)32-27(33-26)34(43-14-12-35)44-15-13-36/h1-11,16-17,35-36H,12-15,28H2,(H,37,38,39)(H,40,41,42)(H2,29,30,31,32,33). The fourth-order valence-corrected chi connectivity index (χ4v) is 5.23. The van der Waals surface area contributed by atoms with Gasteiger partial charge in [-0.05, 0) is 47.5 Å². The zero-order valence-electron chi connectivity index (χ0n) is 23.8. The van der Waals surface area contributed by atoms with Gasteiger partial charge < -0.3 is 26.6 Å². The van der Waals surface area contributed by atoms with Crippen LogP contribution in [0.15, 0.2) is 76.5 Å². The molecule has 0 bridgehead atoms. The highest BCUT2D eigenvalue weighted by Crippen LogP contribution is 2.27. The van der Waals surface area contributed by atoms with E-state index >= 15 is 0 Å². The first-order valence-electron chi connectivity index (χ1n) is 13.2. The predicted octanol–water partition coefficient (Wildman–Crippen LogP) is 2.26. The number of nitrogens with zero attached hydrogens (tertiary/aromatic N) is 4. The van der Waals surface area contributed by atoms with Crippen LogP contribution in [-0.2, 0) is 29.9 Å². The Morgan fingerprint density at radius 3 is 1.78 bits per heavy atom. The maximum Gasteiger partial charge on any atom is 0.295 e. The van der Waals surface area contributed by atoms with Crippen LogP contribution >= 0.6 is 0 Å². The summed E-state index contributed by atoms with van der Waals surface area (Å²) in [6, 6.07) is 16.4. The number of nitrogen functional groups attached to an aromatic ring is 1. The summed E-state index contributed by atoms with van der Waals surface area (Å²) in [6.45, 7) is -1.18.